The molecule has 3 rings (SSSR count). The highest BCUT2D eigenvalue weighted by Crippen LogP contribution is 2.33. The number of likely N-dealkylation sites (N-methyl/N-ethyl adjacent to an activating group) is 1. The van der Waals surface area contributed by atoms with Gasteiger partial charge in [0.15, 0.2) is 0 Å². The summed E-state index contributed by atoms with van der Waals surface area (Å²) in [7, 11) is 1.96. The highest BCUT2D eigenvalue weighted by Gasteiger charge is 2.31. The van der Waals surface area contributed by atoms with Crippen LogP contribution in [-0.4, -0.2) is 39.7 Å². The minimum atomic E-state index is -0.283. The van der Waals surface area contributed by atoms with E-state index in [0.29, 0.717) is 23.7 Å². The molecule has 22 heavy (non-hydrogen) atoms. The van der Waals surface area contributed by atoms with Crippen molar-refractivity contribution in [3.05, 3.63) is 26.6 Å². The van der Waals surface area contributed by atoms with Crippen molar-refractivity contribution in [1.82, 2.24) is 14.9 Å². The molecule has 0 bridgehead atoms. The first-order valence-corrected chi connectivity index (χ1v) is 8.58. The number of aliphatic hydroxyl groups is 1. The molecule has 0 spiro atoms. The molecular weight excluding hydrogens is 298 g/mol. The second-order valence-electron chi connectivity index (χ2n) is 6.43. The van der Waals surface area contributed by atoms with E-state index in [2.05, 4.69) is 14.9 Å². The number of aliphatic hydroxyl groups excluding tert-OH is 1. The molecule has 1 aliphatic rings. The van der Waals surface area contributed by atoms with E-state index in [1.165, 1.54) is 0 Å². The van der Waals surface area contributed by atoms with E-state index >= 15 is 0 Å². The molecule has 2 unspecified atom stereocenters. The summed E-state index contributed by atoms with van der Waals surface area (Å²) in [6.45, 7) is 6.60. The molecule has 1 saturated carbocycles. The van der Waals surface area contributed by atoms with Gasteiger partial charge in [0.25, 0.3) is 5.56 Å². The van der Waals surface area contributed by atoms with Gasteiger partial charge in [0.2, 0.25) is 0 Å². The number of aryl methyl sites for hydroxylation is 2. The Kier molecular flexibility index (Phi) is 4.09. The van der Waals surface area contributed by atoms with Gasteiger partial charge in [-0.1, -0.05) is 0 Å². The molecule has 5 nitrogen and oxygen atoms in total. The van der Waals surface area contributed by atoms with Crippen LogP contribution in [0.3, 0.4) is 0 Å². The van der Waals surface area contributed by atoms with Crippen LogP contribution < -0.4 is 5.56 Å². The predicted octanol–water partition coefficient (Wildman–Crippen LogP) is 2.37. The first-order valence-electron chi connectivity index (χ1n) is 7.76. The fraction of sp³-hybridized carbons (Fsp3) is 0.625. The van der Waals surface area contributed by atoms with Crippen molar-refractivity contribution in [2.45, 2.75) is 45.8 Å². The zero-order chi connectivity index (χ0) is 16.0. The Labute approximate surface area is 134 Å². The molecule has 2 heterocycles. The van der Waals surface area contributed by atoms with Gasteiger partial charge in [-0.25, -0.2) is 4.98 Å². The maximum absolute atomic E-state index is 12.3. The molecule has 120 valence electrons. The molecule has 1 aliphatic carbocycles. The van der Waals surface area contributed by atoms with Gasteiger partial charge < -0.3 is 10.1 Å². The van der Waals surface area contributed by atoms with E-state index in [0.717, 1.165) is 28.1 Å². The summed E-state index contributed by atoms with van der Waals surface area (Å²) in [5, 5.41) is 10.8. The number of fused-ring (bicyclic) bond motifs is 1. The van der Waals surface area contributed by atoms with Crippen molar-refractivity contribution >= 4 is 21.6 Å². The van der Waals surface area contributed by atoms with Crippen LogP contribution in [0.15, 0.2) is 4.79 Å². The van der Waals surface area contributed by atoms with Gasteiger partial charge in [-0.2, -0.15) is 0 Å². The third kappa shape index (κ3) is 2.83. The number of rotatable bonds is 5. The van der Waals surface area contributed by atoms with Gasteiger partial charge in [-0.15, -0.1) is 11.3 Å². The number of H-pyrrole nitrogens is 1. The number of thiophene rings is 1. The molecule has 0 aromatic carbocycles. The lowest BCUT2D eigenvalue weighted by Gasteiger charge is -2.26. The Morgan fingerprint density at radius 2 is 2.14 bits per heavy atom. The van der Waals surface area contributed by atoms with Gasteiger partial charge in [0, 0.05) is 11.4 Å². The topological polar surface area (TPSA) is 69.2 Å². The normalized spacial score (nSPS) is 18.1. The van der Waals surface area contributed by atoms with Crippen LogP contribution in [-0.2, 0) is 0 Å². The fourth-order valence-corrected chi connectivity index (χ4v) is 3.80. The van der Waals surface area contributed by atoms with E-state index in [1.54, 1.807) is 11.3 Å². The molecule has 0 radical (unpaired) electrons. The number of hydrogen-bond donors (Lipinski definition) is 2. The Morgan fingerprint density at radius 3 is 2.77 bits per heavy atom. The summed E-state index contributed by atoms with van der Waals surface area (Å²) in [4.78, 5) is 23.9. The smallest absolute Gasteiger partial charge is 0.259 e. The third-order valence-electron chi connectivity index (χ3n) is 4.76. The van der Waals surface area contributed by atoms with Crippen molar-refractivity contribution < 1.29 is 5.11 Å². The minimum absolute atomic E-state index is 0.0341. The molecular formula is C16H23N3O2S. The summed E-state index contributed by atoms with van der Waals surface area (Å²) in [5.41, 5.74) is 0.954. The van der Waals surface area contributed by atoms with Gasteiger partial charge in [0.1, 0.15) is 10.7 Å². The first-order chi connectivity index (χ1) is 10.4. The van der Waals surface area contributed by atoms with E-state index in [1.807, 2.05) is 27.8 Å². The molecule has 2 atom stereocenters. The molecule has 2 aromatic heterocycles. The van der Waals surface area contributed by atoms with Crippen LogP contribution in [0.2, 0.25) is 0 Å². The molecule has 0 saturated heterocycles. The van der Waals surface area contributed by atoms with Crippen LogP contribution in [0.5, 0.6) is 0 Å². The Morgan fingerprint density at radius 1 is 1.45 bits per heavy atom. The summed E-state index contributed by atoms with van der Waals surface area (Å²) >= 11 is 1.57. The van der Waals surface area contributed by atoms with Crippen molar-refractivity contribution in [2.75, 3.05) is 13.6 Å². The maximum Gasteiger partial charge on any atom is 0.259 e. The predicted molar refractivity (Wildman–Crippen MR) is 89.5 cm³/mol. The second kappa shape index (κ2) is 5.76. The van der Waals surface area contributed by atoms with E-state index in [-0.39, 0.29) is 17.7 Å². The Bertz CT molecular complexity index is 748. The van der Waals surface area contributed by atoms with Gasteiger partial charge in [-0.3, -0.25) is 9.69 Å². The van der Waals surface area contributed by atoms with Crippen LogP contribution in [0.25, 0.3) is 10.2 Å². The lowest BCUT2D eigenvalue weighted by Crippen LogP contribution is -2.33. The van der Waals surface area contributed by atoms with E-state index in [4.69, 9.17) is 0 Å². The summed E-state index contributed by atoms with van der Waals surface area (Å²) in [5.74, 6) is 1.12. The Hall–Kier alpha value is -1.24. The van der Waals surface area contributed by atoms with Crippen LogP contribution >= 0.6 is 11.3 Å². The van der Waals surface area contributed by atoms with E-state index in [9.17, 15) is 9.90 Å². The lowest BCUT2D eigenvalue weighted by molar-refractivity contribution is 0.0894. The fourth-order valence-electron chi connectivity index (χ4n) is 2.76. The highest BCUT2D eigenvalue weighted by atomic mass is 32.1. The molecule has 1 fully saturated rings. The van der Waals surface area contributed by atoms with Gasteiger partial charge in [-0.05, 0) is 52.1 Å². The lowest BCUT2D eigenvalue weighted by atomic mass is 10.2. The second-order valence-corrected chi connectivity index (χ2v) is 7.64. The quantitative estimate of drug-likeness (QED) is 0.887. The van der Waals surface area contributed by atoms with Crippen LogP contribution in [0.1, 0.15) is 42.1 Å². The number of nitrogens with one attached hydrogen (secondary N) is 1. The van der Waals surface area contributed by atoms with Gasteiger partial charge in [0.05, 0.1) is 17.5 Å². The highest BCUT2D eigenvalue weighted by molar-refractivity contribution is 7.18. The monoisotopic (exact) mass is 321 g/mol. The zero-order valence-electron chi connectivity index (χ0n) is 13.5. The summed E-state index contributed by atoms with van der Waals surface area (Å²) in [6.07, 6.45) is 1.96. The molecule has 0 amide bonds. The molecule has 2 aromatic rings. The number of aromatic nitrogens is 2. The largest absolute Gasteiger partial charge is 0.392 e. The number of aromatic amines is 1. The third-order valence-corrected chi connectivity index (χ3v) is 5.86. The average molecular weight is 321 g/mol. The van der Waals surface area contributed by atoms with Crippen molar-refractivity contribution in [1.29, 1.82) is 0 Å². The van der Waals surface area contributed by atoms with Crippen molar-refractivity contribution in [3.8, 4) is 0 Å². The molecule has 6 heteroatoms. The zero-order valence-corrected chi connectivity index (χ0v) is 14.3. The van der Waals surface area contributed by atoms with Crippen LogP contribution in [0, 0.1) is 19.8 Å². The van der Waals surface area contributed by atoms with Gasteiger partial charge >= 0.3 is 0 Å². The number of hydrogen-bond acceptors (Lipinski definition) is 5. The maximum atomic E-state index is 12.3. The standard InChI is InChI=1S/C16H23N3O2S/c1-8-10(3)22-16-13(8)15(21)17-14(18-16)9(2)19(4)7-12(20)11-5-6-11/h9,11-12,20H,5-7H2,1-4H3,(H,17,18,21). The van der Waals surface area contributed by atoms with E-state index < -0.39 is 0 Å². The first kappa shape index (κ1) is 15.6. The minimum Gasteiger partial charge on any atom is -0.392 e. The van der Waals surface area contributed by atoms with Crippen LogP contribution in [0.4, 0.5) is 0 Å². The summed E-state index contributed by atoms with van der Waals surface area (Å²) in [6, 6.07) is -0.0341. The van der Waals surface area contributed by atoms with Crippen molar-refractivity contribution in [3.63, 3.8) is 0 Å². The molecule has 2 N–H and O–H groups in total. The summed E-state index contributed by atoms with van der Waals surface area (Å²) < 4.78 is 0. The molecule has 0 aliphatic heterocycles. The average Bonchev–Trinajstić information content (AvgIpc) is 3.26. The Balaban J connectivity index is 1.87. The number of nitrogens with zero attached hydrogens (tertiary/aromatic N) is 2. The van der Waals surface area contributed by atoms with Crippen molar-refractivity contribution in [2.24, 2.45) is 5.92 Å². The SMILES string of the molecule is Cc1sc2nc(C(C)N(C)CC(O)C3CC3)[nH]c(=O)c2c1C.